The van der Waals surface area contributed by atoms with Gasteiger partial charge in [0.15, 0.2) is 0 Å². The van der Waals surface area contributed by atoms with Crippen molar-refractivity contribution in [3.05, 3.63) is 52.3 Å². The van der Waals surface area contributed by atoms with Crippen LogP contribution in [0.1, 0.15) is 41.8 Å². The summed E-state index contributed by atoms with van der Waals surface area (Å²) in [4.78, 5) is 14.4. The van der Waals surface area contributed by atoms with Crippen LogP contribution in [0.15, 0.2) is 18.2 Å². The van der Waals surface area contributed by atoms with Gasteiger partial charge in [0.05, 0.1) is 5.69 Å². The molecule has 1 fully saturated rings. The third-order valence-electron chi connectivity index (χ3n) is 4.91. The summed E-state index contributed by atoms with van der Waals surface area (Å²) in [6.45, 7) is 4.13. The monoisotopic (exact) mass is 347 g/mol. The normalized spacial score (nSPS) is 14.0. The number of aromatic nitrogens is 2. The summed E-state index contributed by atoms with van der Waals surface area (Å²) < 4.78 is 28.8. The van der Waals surface area contributed by atoms with Crippen molar-refractivity contribution < 1.29 is 13.6 Å². The van der Waals surface area contributed by atoms with E-state index in [2.05, 4.69) is 5.10 Å². The van der Waals surface area contributed by atoms with Crippen molar-refractivity contribution in [2.24, 2.45) is 7.05 Å². The van der Waals surface area contributed by atoms with E-state index < -0.39 is 11.6 Å². The van der Waals surface area contributed by atoms with Gasteiger partial charge in [-0.15, -0.1) is 0 Å². The average molecular weight is 347 g/mol. The summed E-state index contributed by atoms with van der Waals surface area (Å²) in [6, 6.07) is 3.69. The number of halogens is 2. The summed E-state index contributed by atoms with van der Waals surface area (Å²) in [5.41, 5.74) is 3.46. The number of hydrogen-bond acceptors (Lipinski definition) is 2. The van der Waals surface area contributed by atoms with Gasteiger partial charge in [-0.05, 0) is 44.7 Å². The first-order valence-corrected chi connectivity index (χ1v) is 8.59. The molecule has 2 aromatic rings. The largest absolute Gasteiger partial charge is 0.335 e. The lowest BCUT2D eigenvalue weighted by Crippen LogP contribution is -2.33. The highest BCUT2D eigenvalue weighted by molar-refractivity contribution is 5.77. The van der Waals surface area contributed by atoms with Gasteiger partial charge in [-0.1, -0.05) is 6.07 Å². The lowest BCUT2D eigenvalue weighted by atomic mass is 10.1. The molecule has 1 aromatic heterocycles. The maximum atomic E-state index is 13.9. The van der Waals surface area contributed by atoms with E-state index in [1.54, 1.807) is 4.90 Å². The average Bonchev–Trinajstić information content (AvgIpc) is 3.34. The number of hydrogen-bond donors (Lipinski definition) is 0. The van der Waals surface area contributed by atoms with E-state index in [0.717, 1.165) is 35.9 Å². The molecular weight excluding hydrogens is 324 g/mol. The van der Waals surface area contributed by atoms with E-state index in [1.165, 1.54) is 12.1 Å². The van der Waals surface area contributed by atoms with Crippen LogP contribution in [0, 0.1) is 25.5 Å². The fourth-order valence-corrected chi connectivity index (χ4v) is 3.20. The second kappa shape index (κ2) is 6.94. The molecule has 0 N–H and O–H groups in total. The smallest absolute Gasteiger partial charge is 0.223 e. The molecular formula is C19H23F2N3O. The lowest BCUT2D eigenvalue weighted by molar-refractivity contribution is -0.132. The quantitative estimate of drug-likeness (QED) is 0.803. The van der Waals surface area contributed by atoms with Crippen LogP contribution in [0.2, 0.25) is 0 Å². The highest BCUT2D eigenvalue weighted by Crippen LogP contribution is 2.30. The molecule has 4 nitrogen and oxygen atoms in total. The molecule has 3 rings (SSSR count). The second-order valence-corrected chi connectivity index (χ2v) is 6.76. The van der Waals surface area contributed by atoms with Crippen molar-refractivity contribution in [2.45, 2.75) is 52.1 Å². The van der Waals surface area contributed by atoms with Gasteiger partial charge in [-0.2, -0.15) is 5.10 Å². The summed E-state index contributed by atoms with van der Waals surface area (Å²) in [5.74, 6) is -1.20. The number of carbonyl (C=O) groups is 1. The van der Waals surface area contributed by atoms with Crippen molar-refractivity contribution >= 4 is 5.91 Å². The molecule has 0 radical (unpaired) electrons. The Morgan fingerprint density at radius 3 is 2.60 bits per heavy atom. The molecule has 1 saturated carbocycles. The Labute approximate surface area is 146 Å². The number of carbonyl (C=O) groups excluding carboxylic acids is 1. The zero-order chi connectivity index (χ0) is 18.1. The predicted molar refractivity (Wildman–Crippen MR) is 90.9 cm³/mol. The third kappa shape index (κ3) is 3.89. The molecule has 1 aromatic carbocycles. The molecule has 1 aliphatic rings. The van der Waals surface area contributed by atoms with E-state index in [0.29, 0.717) is 18.4 Å². The first-order valence-electron chi connectivity index (χ1n) is 8.59. The Kier molecular flexibility index (Phi) is 4.88. The number of amides is 1. The molecule has 0 bridgehead atoms. The van der Waals surface area contributed by atoms with Crippen molar-refractivity contribution in [3.63, 3.8) is 0 Å². The molecule has 0 unspecified atom stereocenters. The van der Waals surface area contributed by atoms with Crippen molar-refractivity contribution in [1.82, 2.24) is 14.7 Å². The van der Waals surface area contributed by atoms with Gasteiger partial charge in [-0.25, -0.2) is 8.78 Å². The first-order chi connectivity index (χ1) is 11.9. The summed E-state index contributed by atoms with van der Waals surface area (Å²) in [6.07, 6.45) is 2.88. The van der Waals surface area contributed by atoms with Gasteiger partial charge in [0, 0.05) is 43.4 Å². The fraction of sp³-hybridized carbons (Fsp3) is 0.474. The SMILES string of the molecule is Cc1nn(C)c(C)c1CCC(=O)N(Cc1ccc(F)cc1F)C1CC1. The van der Waals surface area contributed by atoms with Crippen LogP contribution in [-0.2, 0) is 24.8 Å². The minimum Gasteiger partial charge on any atom is -0.335 e. The standard InChI is InChI=1S/C19H23F2N3O/c1-12-17(13(2)23(3)22-12)8-9-19(25)24(16-6-7-16)11-14-4-5-15(20)10-18(14)21/h4-5,10,16H,6-9,11H2,1-3H3. The second-order valence-electron chi connectivity index (χ2n) is 6.76. The van der Waals surface area contributed by atoms with Crippen LogP contribution in [0.5, 0.6) is 0 Å². The number of aryl methyl sites for hydroxylation is 2. The van der Waals surface area contributed by atoms with Gasteiger partial charge in [-0.3, -0.25) is 9.48 Å². The van der Waals surface area contributed by atoms with Crippen LogP contribution in [0.4, 0.5) is 8.78 Å². The van der Waals surface area contributed by atoms with Crippen molar-refractivity contribution in [1.29, 1.82) is 0 Å². The highest BCUT2D eigenvalue weighted by Gasteiger charge is 2.33. The summed E-state index contributed by atoms with van der Waals surface area (Å²) in [7, 11) is 1.89. The topological polar surface area (TPSA) is 38.1 Å². The zero-order valence-electron chi connectivity index (χ0n) is 14.9. The maximum Gasteiger partial charge on any atom is 0.223 e. The lowest BCUT2D eigenvalue weighted by Gasteiger charge is -2.23. The van der Waals surface area contributed by atoms with Crippen LogP contribution in [0.3, 0.4) is 0 Å². The van der Waals surface area contributed by atoms with Gasteiger partial charge in [0.25, 0.3) is 0 Å². The van der Waals surface area contributed by atoms with E-state index in [4.69, 9.17) is 0 Å². The molecule has 1 heterocycles. The van der Waals surface area contributed by atoms with Gasteiger partial charge in [0.1, 0.15) is 11.6 Å². The van der Waals surface area contributed by atoms with Crippen LogP contribution in [0.25, 0.3) is 0 Å². The molecule has 0 spiro atoms. The Hall–Kier alpha value is -2.24. The Balaban J connectivity index is 1.69. The van der Waals surface area contributed by atoms with Crippen molar-refractivity contribution in [3.8, 4) is 0 Å². The van der Waals surface area contributed by atoms with Gasteiger partial charge in [0.2, 0.25) is 5.91 Å². The van der Waals surface area contributed by atoms with Gasteiger partial charge < -0.3 is 4.90 Å². The first kappa shape index (κ1) is 17.6. The number of rotatable bonds is 6. The number of nitrogens with zero attached hydrogens (tertiary/aromatic N) is 3. The Morgan fingerprint density at radius 1 is 1.32 bits per heavy atom. The van der Waals surface area contributed by atoms with Crippen LogP contribution in [-0.4, -0.2) is 26.6 Å². The molecule has 25 heavy (non-hydrogen) atoms. The van der Waals surface area contributed by atoms with E-state index >= 15 is 0 Å². The zero-order valence-corrected chi connectivity index (χ0v) is 14.9. The maximum absolute atomic E-state index is 13.9. The molecule has 0 atom stereocenters. The van der Waals surface area contributed by atoms with E-state index in [1.807, 2.05) is 25.6 Å². The van der Waals surface area contributed by atoms with E-state index in [9.17, 15) is 13.6 Å². The van der Waals surface area contributed by atoms with Crippen LogP contribution < -0.4 is 0 Å². The Morgan fingerprint density at radius 2 is 2.04 bits per heavy atom. The molecule has 1 aliphatic carbocycles. The fourth-order valence-electron chi connectivity index (χ4n) is 3.20. The summed E-state index contributed by atoms with van der Waals surface area (Å²) in [5, 5.41) is 4.38. The Bertz CT molecular complexity index is 796. The predicted octanol–water partition coefficient (Wildman–Crippen LogP) is 3.44. The minimum absolute atomic E-state index is 0.00822. The highest BCUT2D eigenvalue weighted by atomic mass is 19.1. The molecule has 1 amide bonds. The van der Waals surface area contributed by atoms with Gasteiger partial charge >= 0.3 is 0 Å². The molecule has 0 aliphatic heterocycles. The third-order valence-corrected chi connectivity index (χ3v) is 4.91. The van der Waals surface area contributed by atoms with Crippen molar-refractivity contribution in [2.75, 3.05) is 0 Å². The molecule has 6 heteroatoms. The molecule has 0 saturated heterocycles. The van der Waals surface area contributed by atoms with Crippen LogP contribution >= 0.6 is 0 Å². The summed E-state index contributed by atoms with van der Waals surface area (Å²) >= 11 is 0. The molecule has 134 valence electrons. The minimum atomic E-state index is -0.604. The number of benzene rings is 1. The van der Waals surface area contributed by atoms with E-state index in [-0.39, 0.29) is 18.5 Å².